The van der Waals surface area contributed by atoms with Crippen molar-refractivity contribution in [3.05, 3.63) is 7.05 Å². The van der Waals surface area contributed by atoms with Gasteiger partial charge < -0.3 is 5.32 Å². The molecule has 43 valence electrons. The maximum Gasteiger partial charge on any atom is 0.0223 e. The summed E-state index contributed by atoms with van der Waals surface area (Å²) >= 11 is 5.39. The van der Waals surface area contributed by atoms with Crippen LogP contribution < -0.4 is 5.32 Å². The van der Waals surface area contributed by atoms with Gasteiger partial charge in [-0.3, -0.25) is 0 Å². The van der Waals surface area contributed by atoms with E-state index in [9.17, 15) is 0 Å². The molecule has 1 radical (unpaired) electrons. The third-order valence-corrected chi connectivity index (χ3v) is 1.00. The largest absolute Gasteiger partial charge is 0.315 e. The fourth-order valence-corrected chi connectivity index (χ4v) is 0.533. The second kappa shape index (κ2) is 6.25. The lowest BCUT2D eigenvalue weighted by Gasteiger charge is -1.92. The monoisotopic (exact) mass is 120 g/mol. The molecule has 0 aliphatic heterocycles. The van der Waals surface area contributed by atoms with Gasteiger partial charge in [-0.25, -0.2) is 0 Å². The van der Waals surface area contributed by atoms with E-state index in [0.717, 1.165) is 25.3 Å². The summed E-state index contributed by atoms with van der Waals surface area (Å²) in [6, 6.07) is 0. The van der Waals surface area contributed by atoms with Gasteiger partial charge in [0.05, 0.1) is 0 Å². The SMILES string of the molecule is [CH2]NCCCCCl. The van der Waals surface area contributed by atoms with E-state index in [0.29, 0.717) is 0 Å². The van der Waals surface area contributed by atoms with E-state index in [1.54, 1.807) is 0 Å². The third-order valence-electron chi connectivity index (χ3n) is 0.737. The second-order valence-electron chi connectivity index (χ2n) is 1.40. The predicted molar refractivity (Wildman–Crippen MR) is 33.3 cm³/mol. The molecule has 0 aliphatic carbocycles. The van der Waals surface area contributed by atoms with Crippen LogP contribution in [0.4, 0.5) is 0 Å². The van der Waals surface area contributed by atoms with Crippen molar-refractivity contribution < 1.29 is 0 Å². The van der Waals surface area contributed by atoms with Gasteiger partial charge in [0.1, 0.15) is 0 Å². The number of hydrogen-bond donors (Lipinski definition) is 1. The predicted octanol–water partition coefficient (Wildman–Crippen LogP) is 1.39. The van der Waals surface area contributed by atoms with Crippen LogP contribution >= 0.6 is 11.6 Å². The van der Waals surface area contributed by atoms with Crippen LogP contribution in [0.1, 0.15) is 12.8 Å². The lowest BCUT2D eigenvalue weighted by molar-refractivity contribution is 0.736. The van der Waals surface area contributed by atoms with Gasteiger partial charge in [-0.1, -0.05) is 0 Å². The molecule has 0 aromatic rings. The molecule has 0 saturated heterocycles. The number of nitrogens with one attached hydrogen (secondary N) is 1. The van der Waals surface area contributed by atoms with Crippen molar-refractivity contribution >= 4 is 11.6 Å². The van der Waals surface area contributed by atoms with Gasteiger partial charge in [0.25, 0.3) is 0 Å². The lowest BCUT2D eigenvalue weighted by Crippen LogP contribution is -2.04. The van der Waals surface area contributed by atoms with Crippen LogP contribution in [0, 0.1) is 7.05 Å². The van der Waals surface area contributed by atoms with Crippen molar-refractivity contribution in [3.8, 4) is 0 Å². The molecule has 0 amide bonds. The molecule has 0 bridgehead atoms. The molecule has 0 aromatic carbocycles. The van der Waals surface area contributed by atoms with Crippen LogP contribution in [0.15, 0.2) is 0 Å². The number of unbranched alkanes of at least 4 members (excludes halogenated alkanes) is 1. The molecule has 0 fully saturated rings. The highest BCUT2D eigenvalue weighted by molar-refractivity contribution is 6.17. The average Bonchev–Trinajstić information content (AvgIpc) is 1.69. The van der Waals surface area contributed by atoms with Crippen molar-refractivity contribution in [3.63, 3.8) is 0 Å². The summed E-state index contributed by atoms with van der Waals surface area (Å²) in [5, 5.41) is 2.79. The Labute approximate surface area is 50.1 Å². The zero-order chi connectivity index (χ0) is 5.54. The molecular weight excluding hydrogens is 110 g/mol. The standard InChI is InChI=1S/C5H11ClN/c1-7-5-3-2-4-6/h7H,1-5H2. The summed E-state index contributed by atoms with van der Waals surface area (Å²) in [4.78, 5) is 0. The smallest absolute Gasteiger partial charge is 0.0223 e. The fraction of sp³-hybridized carbons (Fsp3) is 0.800. The average molecular weight is 121 g/mol. The molecule has 0 saturated carbocycles. The molecule has 0 aromatic heterocycles. The maximum absolute atomic E-state index is 5.39. The van der Waals surface area contributed by atoms with E-state index in [2.05, 4.69) is 12.4 Å². The molecule has 0 spiro atoms. The minimum absolute atomic E-state index is 0.766. The summed E-state index contributed by atoms with van der Waals surface area (Å²) in [7, 11) is 3.46. The van der Waals surface area contributed by atoms with E-state index < -0.39 is 0 Å². The van der Waals surface area contributed by atoms with Gasteiger partial charge in [0, 0.05) is 12.9 Å². The third kappa shape index (κ3) is 6.25. The summed E-state index contributed by atoms with van der Waals surface area (Å²) in [6.07, 6.45) is 2.22. The van der Waals surface area contributed by atoms with Crippen molar-refractivity contribution in [2.45, 2.75) is 12.8 Å². The number of alkyl halides is 1. The Morgan fingerprint density at radius 3 is 2.57 bits per heavy atom. The van der Waals surface area contributed by atoms with Crippen LogP contribution in [0.3, 0.4) is 0 Å². The molecular formula is C5H11ClN. The van der Waals surface area contributed by atoms with Crippen LogP contribution in [0.25, 0.3) is 0 Å². The van der Waals surface area contributed by atoms with E-state index in [1.807, 2.05) is 0 Å². The summed E-state index contributed by atoms with van der Waals surface area (Å²) in [6.45, 7) is 0.979. The lowest BCUT2D eigenvalue weighted by atomic mass is 10.3. The highest BCUT2D eigenvalue weighted by atomic mass is 35.5. The first-order chi connectivity index (χ1) is 3.41. The van der Waals surface area contributed by atoms with Gasteiger partial charge in [-0.2, -0.15) is 0 Å². The Kier molecular flexibility index (Phi) is 6.47. The molecule has 0 aliphatic rings. The molecule has 0 atom stereocenters. The molecule has 0 unspecified atom stereocenters. The molecule has 2 heteroatoms. The van der Waals surface area contributed by atoms with Crippen molar-refractivity contribution in [2.75, 3.05) is 12.4 Å². The van der Waals surface area contributed by atoms with Crippen LogP contribution in [-0.4, -0.2) is 12.4 Å². The minimum atomic E-state index is 0.766. The van der Waals surface area contributed by atoms with Crippen LogP contribution in [-0.2, 0) is 0 Å². The van der Waals surface area contributed by atoms with Gasteiger partial charge >= 0.3 is 0 Å². The zero-order valence-corrected chi connectivity index (χ0v) is 5.17. The number of rotatable bonds is 4. The van der Waals surface area contributed by atoms with Crippen molar-refractivity contribution in [1.82, 2.24) is 5.32 Å². The molecule has 1 N–H and O–H groups in total. The summed E-state index contributed by atoms with van der Waals surface area (Å²) < 4.78 is 0. The Morgan fingerprint density at radius 1 is 1.43 bits per heavy atom. The van der Waals surface area contributed by atoms with E-state index in [4.69, 9.17) is 11.6 Å². The Balaban J connectivity index is 2.45. The first-order valence-corrected chi connectivity index (χ1v) is 3.01. The van der Waals surface area contributed by atoms with E-state index in [-0.39, 0.29) is 0 Å². The van der Waals surface area contributed by atoms with Gasteiger partial charge in [0.2, 0.25) is 0 Å². The highest BCUT2D eigenvalue weighted by Crippen LogP contribution is 1.87. The van der Waals surface area contributed by atoms with Crippen molar-refractivity contribution in [1.29, 1.82) is 0 Å². The normalized spacial score (nSPS) is 9.43. The minimum Gasteiger partial charge on any atom is -0.315 e. The summed E-state index contributed by atoms with van der Waals surface area (Å²) in [5.41, 5.74) is 0. The van der Waals surface area contributed by atoms with Gasteiger partial charge in [-0.15, -0.1) is 11.6 Å². The molecule has 0 rings (SSSR count). The Bertz CT molecular complexity index is 27.3. The van der Waals surface area contributed by atoms with Crippen LogP contribution in [0.2, 0.25) is 0 Å². The Hall–Kier alpha value is 0.250. The van der Waals surface area contributed by atoms with Gasteiger partial charge in [0.15, 0.2) is 0 Å². The van der Waals surface area contributed by atoms with Crippen LogP contribution in [0.5, 0.6) is 0 Å². The van der Waals surface area contributed by atoms with E-state index in [1.165, 1.54) is 0 Å². The molecule has 7 heavy (non-hydrogen) atoms. The van der Waals surface area contributed by atoms with Gasteiger partial charge in [-0.05, 0) is 19.4 Å². The molecule has 0 heterocycles. The zero-order valence-electron chi connectivity index (χ0n) is 4.41. The van der Waals surface area contributed by atoms with E-state index >= 15 is 0 Å². The second-order valence-corrected chi connectivity index (χ2v) is 1.77. The first kappa shape index (κ1) is 7.25. The highest BCUT2D eigenvalue weighted by Gasteiger charge is 1.80. The number of halogens is 1. The fourth-order valence-electron chi connectivity index (χ4n) is 0.344. The molecule has 1 nitrogen and oxygen atoms in total. The first-order valence-electron chi connectivity index (χ1n) is 2.47. The topological polar surface area (TPSA) is 12.0 Å². The van der Waals surface area contributed by atoms with Crippen molar-refractivity contribution in [2.24, 2.45) is 0 Å². The quantitative estimate of drug-likeness (QED) is 0.437. The number of hydrogen-bond acceptors (Lipinski definition) is 1. The summed E-state index contributed by atoms with van der Waals surface area (Å²) in [5.74, 6) is 0.766. The Morgan fingerprint density at radius 2 is 2.14 bits per heavy atom. The maximum atomic E-state index is 5.39.